The first-order valence-electron chi connectivity index (χ1n) is 14.8. The number of anilines is 1. The van der Waals surface area contributed by atoms with E-state index >= 15 is 4.39 Å². The molecule has 45 heavy (non-hydrogen) atoms. The molecule has 0 aliphatic carbocycles. The summed E-state index contributed by atoms with van der Waals surface area (Å²) in [5, 5.41) is 4.50. The number of nitrogens with two attached hydrogens (primary N) is 1. The number of halogens is 2. The van der Waals surface area contributed by atoms with Gasteiger partial charge in [0.05, 0.1) is 67.0 Å². The molecule has 246 valence electrons. The molecule has 0 fully saturated rings. The van der Waals surface area contributed by atoms with Crippen LogP contribution in [0.25, 0.3) is 11.4 Å². The molecule has 4 rings (SSSR count). The summed E-state index contributed by atoms with van der Waals surface area (Å²) in [7, 11) is -4.10. The van der Waals surface area contributed by atoms with Crippen molar-refractivity contribution in [2.24, 2.45) is 5.73 Å². The smallest absolute Gasteiger partial charge is 0.245 e. The van der Waals surface area contributed by atoms with E-state index in [0.717, 1.165) is 6.07 Å². The number of fused-ring (bicyclic) bond motifs is 1. The van der Waals surface area contributed by atoms with Gasteiger partial charge in [-0.1, -0.05) is 42.7 Å². The SMILES string of the molecule is CC(C)OCCOCCOCCCC(C)(C)c1nc(-c2cc3c(cc2F)S(=O)(=O)C[C@H](N)C(=O)N3Cc2ccc(Cl)cc2)no1. The standard InChI is InChI=1S/C31H40ClFN4O7S/c1-20(2)43-15-14-42-13-12-41-11-5-10-31(3,4)30-35-28(36-44-30)23-16-26-27(17-24(23)33)45(39,40)19-25(34)29(38)37(26)18-21-6-8-22(32)9-7-21/h6-9,16-17,20,25H,5,10-15,18-19,34H2,1-4H3/t25-/m0/s1. The van der Waals surface area contributed by atoms with E-state index in [1.54, 1.807) is 24.3 Å². The van der Waals surface area contributed by atoms with Gasteiger partial charge in [0.2, 0.25) is 17.6 Å². The van der Waals surface area contributed by atoms with E-state index in [1.165, 1.54) is 11.0 Å². The van der Waals surface area contributed by atoms with Crippen LogP contribution in [0.4, 0.5) is 10.1 Å². The molecule has 1 aliphatic rings. The van der Waals surface area contributed by atoms with Crippen molar-refractivity contribution in [1.29, 1.82) is 0 Å². The van der Waals surface area contributed by atoms with Crippen LogP contribution in [0.2, 0.25) is 5.02 Å². The van der Waals surface area contributed by atoms with E-state index in [1.807, 2.05) is 27.7 Å². The molecule has 0 radical (unpaired) electrons. The van der Waals surface area contributed by atoms with Gasteiger partial charge >= 0.3 is 0 Å². The van der Waals surface area contributed by atoms with Crippen molar-refractivity contribution in [2.45, 2.75) is 69.5 Å². The summed E-state index contributed by atoms with van der Waals surface area (Å²) in [6.07, 6.45) is 1.52. The van der Waals surface area contributed by atoms with E-state index in [2.05, 4.69) is 10.1 Å². The van der Waals surface area contributed by atoms with Crippen LogP contribution in [-0.4, -0.2) is 75.4 Å². The Hall–Kier alpha value is -2.94. The quantitative estimate of drug-likeness (QED) is 0.227. The van der Waals surface area contributed by atoms with Gasteiger partial charge in [-0.3, -0.25) is 4.79 Å². The zero-order valence-corrected chi connectivity index (χ0v) is 27.5. The fraction of sp³-hybridized carbons (Fsp3) is 0.516. The van der Waals surface area contributed by atoms with Crippen molar-refractivity contribution in [3.63, 3.8) is 0 Å². The second kappa shape index (κ2) is 15.1. The molecule has 1 amide bonds. The molecule has 0 saturated carbocycles. The highest BCUT2D eigenvalue weighted by Gasteiger charge is 2.38. The van der Waals surface area contributed by atoms with Crippen LogP contribution < -0.4 is 10.6 Å². The first-order valence-corrected chi connectivity index (χ1v) is 16.8. The third-order valence-corrected chi connectivity index (χ3v) is 9.34. The molecule has 0 spiro atoms. The van der Waals surface area contributed by atoms with Gasteiger partial charge in [-0.05, 0) is 56.5 Å². The highest BCUT2D eigenvalue weighted by Crippen LogP contribution is 2.37. The fourth-order valence-corrected chi connectivity index (χ4v) is 6.51. The summed E-state index contributed by atoms with van der Waals surface area (Å²) >= 11 is 6.01. The Morgan fingerprint density at radius 2 is 1.78 bits per heavy atom. The average Bonchev–Trinajstić information content (AvgIpc) is 3.46. The number of ether oxygens (including phenoxy) is 3. The summed E-state index contributed by atoms with van der Waals surface area (Å²) in [4.78, 5) is 18.7. The second-order valence-electron chi connectivity index (χ2n) is 11.8. The van der Waals surface area contributed by atoms with Gasteiger partial charge in [0.1, 0.15) is 5.82 Å². The van der Waals surface area contributed by atoms with Crippen LogP contribution in [-0.2, 0) is 40.8 Å². The largest absolute Gasteiger partial charge is 0.379 e. The number of aromatic nitrogens is 2. The van der Waals surface area contributed by atoms with Crippen LogP contribution in [0, 0.1) is 5.82 Å². The number of carbonyl (C=O) groups excluding carboxylic acids is 1. The first-order chi connectivity index (χ1) is 21.3. The van der Waals surface area contributed by atoms with Crippen LogP contribution in [0.1, 0.15) is 52.0 Å². The van der Waals surface area contributed by atoms with Crippen molar-refractivity contribution < 1.29 is 36.3 Å². The Balaban J connectivity index is 1.48. The Labute approximate surface area is 268 Å². The van der Waals surface area contributed by atoms with E-state index < -0.39 is 38.8 Å². The zero-order chi connectivity index (χ0) is 32.8. The number of amides is 1. The molecule has 2 heterocycles. The monoisotopic (exact) mass is 666 g/mol. The Bertz CT molecular complexity index is 1560. The minimum absolute atomic E-state index is 0.0113. The van der Waals surface area contributed by atoms with Gasteiger partial charge in [-0.25, -0.2) is 12.8 Å². The maximum absolute atomic E-state index is 15.5. The molecule has 2 N–H and O–H groups in total. The summed E-state index contributed by atoms with van der Waals surface area (Å²) < 4.78 is 63.9. The highest BCUT2D eigenvalue weighted by molar-refractivity contribution is 7.91. The molecule has 3 aromatic rings. The first kappa shape index (κ1) is 34.9. The molecule has 14 heteroatoms. The average molecular weight is 667 g/mol. The number of carbonyl (C=O) groups is 1. The van der Waals surface area contributed by atoms with E-state index in [-0.39, 0.29) is 40.5 Å². The van der Waals surface area contributed by atoms with E-state index in [4.69, 9.17) is 36.1 Å². The molecule has 1 aromatic heterocycles. The number of hydrogen-bond donors (Lipinski definition) is 1. The summed E-state index contributed by atoms with van der Waals surface area (Å²) in [6.45, 7) is 10.3. The minimum atomic E-state index is -4.10. The van der Waals surface area contributed by atoms with Crippen molar-refractivity contribution in [1.82, 2.24) is 10.1 Å². The highest BCUT2D eigenvalue weighted by atomic mass is 35.5. The van der Waals surface area contributed by atoms with E-state index in [9.17, 15) is 13.2 Å². The third kappa shape index (κ3) is 9.08. The van der Waals surface area contributed by atoms with Gasteiger partial charge in [0.15, 0.2) is 9.84 Å². The van der Waals surface area contributed by atoms with Crippen molar-refractivity contribution in [3.05, 3.63) is 58.7 Å². The fourth-order valence-electron chi connectivity index (χ4n) is 4.82. The third-order valence-electron chi connectivity index (χ3n) is 7.30. The predicted octanol–water partition coefficient (Wildman–Crippen LogP) is 4.69. The maximum atomic E-state index is 15.5. The van der Waals surface area contributed by atoms with Gasteiger partial charge in [0, 0.05) is 17.0 Å². The lowest BCUT2D eigenvalue weighted by atomic mass is 9.88. The van der Waals surface area contributed by atoms with Gasteiger partial charge in [-0.2, -0.15) is 4.98 Å². The zero-order valence-electron chi connectivity index (χ0n) is 25.9. The second-order valence-corrected chi connectivity index (χ2v) is 14.2. The summed E-state index contributed by atoms with van der Waals surface area (Å²) in [5.41, 5.74) is 5.98. The number of hydrogen-bond acceptors (Lipinski definition) is 10. The Morgan fingerprint density at radius 1 is 1.11 bits per heavy atom. The number of nitrogens with zero attached hydrogens (tertiary/aromatic N) is 3. The van der Waals surface area contributed by atoms with Crippen molar-refractivity contribution in [3.8, 4) is 11.4 Å². The van der Waals surface area contributed by atoms with Crippen LogP contribution in [0.3, 0.4) is 0 Å². The molecule has 0 saturated heterocycles. The molecule has 0 bridgehead atoms. The number of rotatable bonds is 15. The molecular weight excluding hydrogens is 627 g/mol. The van der Waals surface area contributed by atoms with Gasteiger partial charge in [0.25, 0.3) is 0 Å². The normalized spacial score (nSPS) is 16.7. The lowest BCUT2D eigenvalue weighted by Crippen LogP contribution is -2.45. The van der Waals surface area contributed by atoms with Crippen LogP contribution in [0.5, 0.6) is 0 Å². The van der Waals surface area contributed by atoms with Crippen LogP contribution >= 0.6 is 11.6 Å². The molecule has 11 nitrogen and oxygen atoms in total. The molecular formula is C31H40ClFN4O7S. The lowest BCUT2D eigenvalue weighted by molar-refractivity contribution is -0.119. The van der Waals surface area contributed by atoms with Crippen molar-refractivity contribution >= 4 is 33.0 Å². The Kier molecular flexibility index (Phi) is 11.7. The topological polar surface area (TPSA) is 147 Å². The lowest BCUT2D eigenvalue weighted by Gasteiger charge is -2.24. The minimum Gasteiger partial charge on any atom is -0.379 e. The van der Waals surface area contributed by atoms with Crippen LogP contribution in [0.15, 0.2) is 45.8 Å². The molecule has 1 aliphatic heterocycles. The predicted molar refractivity (Wildman–Crippen MR) is 167 cm³/mol. The Morgan fingerprint density at radius 3 is 2.47 bits per heavy atom. The summed E-state index contributed by atoms with van der Waals surface area (Å²) in [5.74, 6) is -1.93. The molecule has 1 atom stereocenters. The molecule has 0 unspecified atom stereocenters. The maximum Gasteiger partial charge on any atom is 0.245 e. The van der Waals surface area contributed by atoms with E-state index in [0.29, 0.717) is 56.5 Å². The van der Waals surface area contributed by atoms with Gasteiger partial charge < -0.3 is 29.4 Å². The van der Waals surface area contributed by atoms with Gasteiger partial charge in [-0.15, -0.1) is 0 Å². The van der Waals surface area contributed by atoms with Crippen molar-refractivity contribution in [2.75, 3.05) is 43.7 Å². The molecule has 2 aromatic carbocycles. The number of benzene rings is 2. The summed E-state index contributed by atoms with van der Waals surface area (Å²) in [6, 6.07) is 7.55. The number of sulfone groups is 1.